The predicted octanol–water partition coefficient (Wildman–Crippen LogP) is 2.88. The molecule has 1 N–H and O–H groups in total. The van der Waals surface area contributed by atoms with Crippen molar-refractivity contribution in [2.45, 2.75) is 19.4 Å². The highest BCUT2D eigenvalue weighted by Gasteiger charge is 2.27. The fraction of sp³-hybridized carbons (Fsp3) is 0.250. The van der Waals surface area contributed by atoms with Gasteiger partial charge in [-0.2, -0.15) is 0 Å². The van der Waals surface area contributed by atoms with Crippen molar-refractivity contribution >= 4 is 21.8 Å². The monoisotopic (exact) mass is 330 g/mol. The number of pyridine rings is 1. The first-order valence-electron chi connectivity index (χ1n) is 6.66. The van der Waals surface area contributed by atoms with Gasteiger partial charge in [0.05, 0.1) is 0 Å². The van der Waals surface area contributed by atoms with Gasteiger partial charge in [-0.3, -0.25) is 9.78 Å². The number of hydrogen-bond acceptors (Lipinski definition) is 2. The number of fused-ring (bicyclic) bond motifs is 1. The number of carbonyl (C=O) groups is 1. The summed E-state index contributed by atoms with van der Waals surface area (Å²) in [5.41, 5.74) is 3.59. The van der Waals surface area contributed by atoms with Crippen molar-refractivity contribution in [3.8, 4) is 0 Å². The number of rotatable bonds is 3. The minimum atomic E-state index is 0.0518. The number of halogens is 1. The molecule has 2 aromatic rings. The average molecular weight is 331 g/mol. The van der Waals surface area contributed by atoms with Crippen LogP contribution in [0.25, 0.3) is 0 Å². The van der Waals surface area contributed by atoms with Crippen LogP contribution in [0.15, 0.2) is 47.2 Å². The third kappa shape index (κ3) is 2.90. The van der Waals surface area contributed by atoms with Crippen molar-refractivity contribution in [1.29, 1.82) is 0 Å². The van der Waals surface area contributed by atoms with Crippen LogP contribution in [0, 0.1) is 5.92 Å². The van der Waals surface area contributed by atoms with E-state index in [9.17, 15) is 4.79 Å². The van der Waals surface area contributed by atoms with Gasteiger partial charge in [-0.15, -0.1) is 0 Å². The van der Waals surface area contributed by atoms with Crippen LogP contribution in [0.1, 0.15) is 16.7 Å². The minimum absolute atomic E-state index is 0.0518. The van der Waals surface area contributed by atoms with Gasteiger partial charge in [0, 0.05) is 29.3 Å². The van der Waals surface area contributed by atoms with Crippen LogP contribution in [0.4, 0.5) is 0 Å². The summed E-state index contributed by atoms with van der Waals surface area (Å²) in [5, 5.41) is 3.00. The molecule has 1 amide bonds. The fourth-order valence-electron chi connectivity index (χ4n) is 2.61. The summed E-state index contributed by atoms with van der Waals surface area (Å²) < 4.78 is 1.08. The quantitative estimate of drug-likeness (QED) is 0.940. The average Bonchev–Trinajstić information content (AvgIpc) is 2.89. The molecular weight excluding hydrogens is 316 g/mol. The molecule has 0 saturated carbocycles. The summed E-state index contributed by atoms with van der Waals surface area (Å²) in [4.78, 5) is 16.3. The minimum Gasteiger partial charge on any atom is -0.352 e. The van der Waals surface area contributed by atoms with E-state index in [2.05, 4.69) is 38.4 Å². The summed E-state index contributed by atoms with van der Waals surface area (Å²) in [6.45, 7) is 0.545. The van der Waals surface area contributed by atoms with Gasteiger partial charge >= 0.3 is 0 Å². The molecule has 1 heterocycles. The zero-order chi connectivity index (χ0) is 13.9. The molecule has 0 bridgehead atoms. The van der Waals surface area contributed by atoms with Gasteiger partial charge in [-0.25, -0.2) is 0 Å². The smallest absolute Gasteiger partial charge is 0.224 e. The van der Waals surface area contributed by atoms with E-state index < -0.39 is 0 Å². The molecule has 0 saturated heterocycles. The summed E-state index contributed by atoms with van der Waals surface area (Å²) in [6.07, 6.45) is 5.17. The number of hydrogen-bond donors (Lipinski definition) is 1. The second kappa shape index (κ2) is 5.75. The van der Waals surface area contributed by atoms with Gasteiger partial charge in [0.1, 0.15) is 0 Å². The number of amides is 1. The van der Waals surface area contributed by atoms with Gasteiger partial charge in [0.15, 0.2) is 0 Å². The molecule has 102 valence electrons. The van der Waals surface area contributed by atoms with Gasteiger partial charge in [-0.1, -0.05) is 28.1 Å². The highest BCUT2D eigenvalue weighted by Crippen LogP contribution is 2.29. The summed E-state index contributed by atoms with van der Waals surface area (Å²) in [6, 6.07) is 10.1. The van der Waals surface area contributed by atoms with Crippen molar-refractivity contribution in [1.82, 2.24) is 10.3 Å². The Morgan fingerprint density at radius 3 is 2.95 bits per heavy atom. The van der Waals surface area contributed by atoms with Crippen molar-refractivity contribution in [2.24, 2.45) is 5.92 Å². The van der Waals surface area contributed by atoms with E-state index in [1.54, 1.807) is 12.4 Å². The Labute approximate surface area is 126 Å². The van der Waals surface area contributed by atoms with E-state index in [4.69, 9.17) is 0 Å². The lowest BCUT2D eigenvalue weighted by atomic mass is 10.1. The van der Waals surface area contributed by atoms with E-state index in [0.29, 0.717) is 6.54 Å². The Balaban J connectivity index is 1.60. The molecule has 3 nitrogen and oxygen atoms in total. The highest BCUT2D eigenvalue weighted by molar-refractivity contribution is 9.10. The largest absolute Gasteiger partial charge is 0.352 e. The molecule has 3 rings (SSSR count). The van der Waals surface area contributed by atoms with Crippen molar-refractivity contribution in [3.05, 3.63) is 63.9 Å². The molecule has 0 aliphatic heterocycles. The fourth-order valence-corrected chi connectivity index (χ4v) is 3.02. The molecular formula is C16H15BrN2O. The van der Waals surface area contributed by atoms with E-state index in [1.807, 2.05) is 18.2 Å². The molecule has 1 aromatic carbocycles. The van der Waals surface area contributed by atoms with Crippen molar-refractivity contribution in [3.63, 3.8) is 0 Å². The van der Waals surface area contributed by atoms with E-state index in [-0.39, 0.29) is 11.8 Å². The van der Waals surface area contributed by atoms with Gasteiger partial charge in [0.25, 0.3) is 0 Å². The van der Waals surface area contributed by atoms with Crippen LogP contribution in [0.2, 0.25) is 0 Å². The Bertz CT molecular complexity index is 628. The first-order valence-corrected chi connectivity index (χ1v) is 7.45. The number of carbonyl (C=O) groups excluding carboxylic acids is 1. The molecule has 0 fully saturated rings. The van der Waals surface area contributed by atoms with Crippen molar-refractivity contribution in [2.75, 3.05) is 0 Å². The van der Waals surface area contributed by atoms with Gasteiger partial charge < -0.3 is 5.32 Å². The second-order valence-corrected chi connectivity index (χ2v) is 6.01. The van der Waals surface area contributed by atoms with Crippen molar-refractivity contribution < 1.29 is 4.79 Å². The molecule has 1 aromatic heterocycles. The Morgan fingerprint density at radius 1 is 1.30 bits per heavy atom. The standard InChI is InChI=1S/C16H15BrN2O/c17-15-4-3-12-6-14(7-13(12)8-15)16(20)19-10-11-2-1-5-18-9-11/h1-5,8-9,14H,6-7,10H2,(H,19,20). The molecule has 1 aliphatic rings. The first kappa shape index (κ1) is 13.3. The molecule has 1 aliphatic carbocycles. The summed E-state index contributed by atoms with van der Waals surface area (Å²) >= 11 is 3.48. The van der Waals surface area contributed by atoms with Gasteiger partial charge in [0.2, 0.25) is 5.91 Å². The molecule has 1 unspecified atom stereocenters. The number of nitrogens with one attached hydrogen (secondary N) is 1. The van der Waals surface area contributed by atoms with Gasteiger partial charge in [-0.05, 0) is 47.7 Å². The number of nitrogens with zero attached hydrogens (tertiary/aromatic N) is 1. The Morgan fingerprint density at radius 2 is 2.15 bits per heavy atom. The third-order valence-corrected chi connectivity index (χ3v) is 4.15. The zero-order valence-electron chi connectivity index (χ0n) is 11.0. The first-order chi connectivity index (χ1) is 9.72. The molecule has 0 spiro atoms. The maximum absolute atomic E-state index is 12.2. The molecule has 20 heavy (non-hydrogen) atoms. The molecule has 4 heteroatoms. The Kier molecular flexibility index (Phi) is 3.83. The number of benzene rings is 1. The Hall–Kier alpha value is -1.68. The molecule has 1 atom stereocenters. The summed E-state index contributed by atoms with van der Waals surface area (Å²) in [5.74, 6) is 0.178. The SMILES string of the molecule is O=C(NCc1cccnc1)C1Cc2ccc(Br)cc2C1. The van der Waals surface area contributed by atoms with Crippen LogP contribution in [-0.4, -0.2) is 10.9 Å². The van der Waals surface area contributed by atoms with Crippen LogP contribution in [0.3, 0.4) is 0 Å². The maximum atomic E-state index is 12.2. The van der Waals surface area contributed by atoms with Crippen LogP contribution in [0.5, 0.6) is 0 Å². The van der Waals surface area contributed by atoms with Crippen LogP contribution < -0.4 is 5.32 Å². The summed E-state index contributed by atoms with van der Waals surface area (Å²) in [7, 11) is 0. The van der Waals surface area contributed by atoms with Crippen LogP contribution >= 0.6 is 15.9 Å². The van der Waals surface area contributed by atoms with E-state index in [0.717, 1.165) is 22.9 Å². The lowest BCUT2D eigenvalue weighted by Gasteiger charge is -2.10. The second-order valence-electron chi connectivity index (χ2n) is 5.10. The lowest BCUT2D eigenvalue weighted by molar-refractivity contribution is -0.124. The van der Waals surface area contributed by atoms with E-state index >= 15 is 0 Å². The molecule has 0 radical (unpaired) electrons. The van der Waals surface area contributed by atoms with E-state index in [1.165, 1.54) is 11.1 Å². The third-order valence-electron chi connectivity index (χ3n) is 3.66. The van der Waals surface area contributed by atoms with Crippen LogP contribution in [-0.2, 0) is 24.2 Å². The maximum Gasteiger partial charge on any atom is 0.224 e. The normalized spacial score (nSPS) is 16.8. The highest BCUT2D eigenvalue weighted by atomic mass is 79.9. The lowest BCUT2D eigenvalue weighted by Crippen LogP contribution is -2.30. The topological polar surface area (TPSA) is 42.0 Å². The predicted molar refractivity (Wildman–Crippen MR) is 81.1 cm³/mol. The zero-order valence-corrected chi connectivity index (χ0v) is 12.6. The number of aromatic nitrogens is 1.